The summed E-state index contributed by atoms with van der Waals surface area (Å²) in [4.78, 5) is 27.3. The van der Waals surface area contributed by atoms with Crippen LogP contribution in [0.2, 0.25) is 0 Å². The molecule has 0 spiro atoms. The zero-order valence-electron chi connectivity index (χ0n) is 20.3. The zero-order valence-corrected chi connectivity index (χ0v) is 20.3. The summed E-state index contributed by atoms with van der Waals surface area (Å²) in [6.07, 6.45) is 13.5. The Hall–Kier alpha value is -1.06. The molecular formula is C27H44O4. The number of hydrogen-bond donors (Lipinski definition) is 0. The number of ether oxygens (including phenoxy) is 2. The Bertz CT molecular complexity index is 666. The van der Waals surface area contributed by atoms with Gasteiger partial charge >= 0.3 is 11.9 Å². The standard InChI is InChI=1S/C27H44O4/c1-5-19-16-20(6-2)23(22(19)24(28)30-26(7-3)13-9-10-14-26)25(29)31-27(8-4)17-18-11-12-21(27)15-18/h18-23H,5-17H2,1-4H3. The topological polar surface area (TPSA) is 52.6 Å². The van der Waals surface area contributed by atoms with Gasteiger partial charge in [0.2, 0.25) is 0 Å². The molecule has 4 aliphatic carbocycles. The first-order valence-corrected chi connectivity index (χ1v) is 13.4. The number of carbonyl (C=O) groups excluding carboxylic acids is 2. The van der Waals surface area contributed by atoms with Crippen molar-refractivity contribution in [3.8, 4) is 0 Å². The van der Waals surface area contributed by atoms with Crippen molar-refractivity contribution in [2.45, 2.75) is 122 Å². The molecule has 4 aliphatic rings. The summed E-state index contributed by atoms with van der Waals surface area (Å²) in [5, 5.41) is 0. The van der Waals surface area contributed by atoms with Crippen molar-refractivity contribution >= 4 is 11.9 Å². The molecule has 0 heterocycles. The second-order valence-electron chi connectivity index (χ2n) is 11.2. The first kappa shape index (κ1) is 23.1. The number of fused-ring (bicyclic) bond motifs is 2. The molecule has 0 radical (unpaired) electrons. The first-order valence-electron chi connectivity index (χ1n) is 13.4. The van der Waals surface area contributed by atoms with Gasteiger partial charge in [-0.15, -0.1) is 0 Å². The minimum atomic E-state index is -0.334. The fourth-order valence-corrected chi connectivity index (χ4v) is 7.91. The Balaban J connectivity index is 1.55. The monoisotopic (exact) mass is 432 g/mol. The smallest absolute Gasteiger partial charge is 0.310 e. The molecule has 0 aromatic rings. The minimum absolute atomic E-state index is 0.101. The van der Waals surface area contributed by atoms with Crippen molar-refractivity contribution in [2.75, 3.05) is 0 Å². The van der Waals surface area contributed by atoms with Crippen LogP contribution in [0.3, 0.4) is 0 Å². The molecule has 4 saturated carbocycles. The molecule has 4 rings (SSSR count). The van der Waals surface area contributed by atoms with E-state index in [9.17, 15) is 9.59 Å². The lowest BCUT2D eigenvalue weighted by Crippen LogP contribution is -2.45. The Morgan fingerprint density at radius 2 is 1.42 bits per heavy atom. The molecule has 7 unspecified atom stereocenters. The molecule has 4 fully saturated rings. The van der Waals surface area contributed by atoms with E-state index >= 15 is 0 Å². The molecule has 176 valence electrons. The Kier molecular flexibility index (Phi) is 6.75. The van der Waals surface area contributed by atoms with Crippen LogP contribution in [0.15, 0.2) is 0 Å². The van der Waals surface area contributed by atoms with Gasteiger partial charge < -0.3 is 9.47 Å². The van der Waals surface area contributed by atoms with Crippen LogP contribution in [-0.4, -0.2) is 23.1 Å². The van der Waals surface area contributed by atoms with Gasteiger partial charge in [-0.3, -0.25) is 9.59 Å². The van der Waals surface area contributed by atoms with Gasteiger partial charge in [-0.05, 0) is 94.3 Å². The maximum atomic E-state index is 13.7. The highest BCUT2D eigenvalue weighted by Gasteiger charge is 2.57. The molecule has 4 nitrogen and oxygen atoms in total. The summed E-state index contributed by atoms with van der Waals surface area (Å²) in [5.41, 5.74) is -0.587. The van der Waals surface area contributed by atoms with Gasteiger partial charge in [0.25, 0.3) is 0 Å². The van der Waals surface area contributed by atoms with E-state index in [1.54, 1.807) is 0 Å². The Morgan fingerprint density at radius 3 is 1.87 bits per heavy atom. The van der Waals surface area contributed by atoms with Gasteiger partial charge in [0, 0.05) is 0 Å². The molecule has 31 heavy (non-hydrogen) atoms. The van der Waals surface area contributed by atoms with Crippen LogP contribution in [0.1, 0.15) is 111 Å². The largest absolute Gasteiger partial charge is 0.459 e. The van der Waals surface area contributed by atoms with E-state index in [1.807, 2.05) is 0 Å². The lowest BCUT2D eigenvalue weighted by atomic mass is 9.81. The highest BCUT2D eigenvalue weighted by molar-refractivity contribution is 5.84. The third-order valence-corrected chi connectivity index (χ3v) is 9.90. The van der Waals surface area contributed by atoms with Gasteiger partial charge in [-0.25, -0.2) is 0 Å². The number of rotatable bonds is 8. The Morgan fingerprint density at radius 1 is 0.806 bits per heavy atom. The van der Waals surface area contributed by atoms with Gasteiger partial charge in [0.1, 0.15) is 11.2 Å². The molecule has 2 bridgehead atoms. The SMILES string of the molecule is CCC1CC(CC)C(C(=O)OC2(CC)CC3CCC2C3)C1C(=O)OC1(CC)CCCC1. The van der Waals surface area contributed by atoms with Crippen molar-refractivity contribution < 1.29 is 19.1 Å². The molecule has 4 heteroatoms. The summed E-state index contributed by atoms with van der Waals surface area (Å²) in [5.74, 6) is 0.801. The van der Waals surface area contributed by atoms with Crippen LogP contribution in [-0.2, 0) is 19.1 Å². The van der Waals surface area contributed by atoms with Gasteiger partial charge in [-0.2, -0.15) is 0 Å². The van der Waals surface area contributed by atoms with E-state index < -0.39 is 0 Å². The summed E-state index contributed by atoms with van der Waals surface area (Å²) >= 11 is 0. The van der Waals surface area contributed by atoms with Crippen LogP contribution in [0.25, 0.3) is 0 Å². The molecular weight excluding hydrogens is 388 g/mol. The lowest BCUT2D eigenvalue weighted by Gasteiger charge is -2.38. The third kappa shape index (κ3) is 4.06. The van der Waals surface area contributed by atoms with E-state index in [0.717, 1.165) is 70.1 Å². The summed E-state index contributed by atoms with van der Waals surface area (Å²) in [6, 6.07) is 0. The molecule has 7 atom stereocenters. The molecule has 0 amide bonds. The van der Waals surface area contributed by atoms with E-state index in [0.29, 0.717) is 5.92 Å². The van der Waals surface area contributed by atoms with Crippen molar-refractivity contribution in [3.63, 3.8) is 0 Å². The quantitative estimate of drug-likeness (QED) is 0.413. The average Bonchev–Trinajstić information content (AvgIpc) is 3.55. The van der Waals surface area contributed by atoms with Crippen molar-refractivity contribution in [1.82, 2.24) is 0 Å². The van der Waals surface area contributed by atoms with Crippen LogP contribution < -0.4 is 0 Å². The Labute approximate surface area is 189 Å². The second-order valence-corrected chi connectivity index (χ2v) is 11.2. The van der Waals surface area contributed by atoms with Crippen LogP contribution >= 0.6 is 0 Å². The first-order chi connectivity index (χ1) is 14.9. The molecule has 0 saturated heterocycles. The maximum absolute atomic E-state index is 13.7. The third-order valence-electron chi connectivity index (χ3n) is 9.90. The fourth-order valence-electron chi connectivity index (χ4n) is 7.91. The molecule has 0 aromatic carbocycles. The fraction of sp³-hybridized carbons (Fsp3) is 0.926. The van der Waals surface area contributed by atoms with E-state index in [1.165, 1.54) is 19.3 Å². The van der Waals surface area contributed by atoms with Gasteiger partial charge in [0.15, 0.2) is 0 Å². The molecule has 0 aromatic heterocycles. The predicted molar refractivity (Wildman–Crippen MR) is 121 cm³/mol. The number of esters is 2. The van der Waals surface area contributed by atoms with Gasteiger partial charge in [-0.1, -0.05) is 40.5 Å². The maximum Gasteiger partial charge on any atom is 0.310 e. The summed E-state index contributed by atoms with van der Waals surface area (Å²) in [6.45, 7) is 8.61. The van der Waals surface area contributed by atoms with E-state index in [-0.39, 0.29) is 46.8 Å². The zero-order chi connectivity index (χ0) is 22.2. The molecule has 0 aliphatic heterocycles. The summed E-state index contributed by atoms with van der Waals surface area (Å²) in [7, 11) is 0. The van der Waals surface area contributed by atoms with E-state index in [2.05, 4.69) is 27.7 Å². The van der Waals surface area contributed by atoms with Crippen LogP contribution in [0.4, 0.5) is 0 Å². The van der Waals surface area contributed by atoms with Crippen LogP contribution in [0, 0.1) is 35.5 Å². The number of hydrogen-bond acceptors (Lipinski definition) is 4. The summed E-state index contributed by atoms with van der Waals surface area (Å²) < 4.78 is 12.7. The van der Waals surface area contributed by atoms with Crippen molar-refractivity contribution in [1.29, 1.82) is 0 Å². The second kappa shape index (κ2) is 9.06. The van der Waals surface area contributed by atoms with E-state index in [4.69, 9.17) is 9.47 Å². The predicted octanol–water partition coefficient (Wildman–Crippen LogP) is 6.45. The highest BCUT2D eigenvalue weighted by atomic mass is 16.6. The number of carbonyl (C=O) groups is 2. The highest BCUT2D eigenvalue weighted by Crippen LogP contribution is 2.55. The van der Waals surface area contributed by atoms with Crippen molar-refractivity contribution in [3.05, 3.63) is 0 Å². The van der Waals surface area contributed by atoms with Crippen LogP contribution in [0.5, 0.6) is 0 Å². The normalized spacial score (nSPS) is 40.9. The average molecular weight is 433 g/mol. The van der Waals surface area contributed by atoms with Gasteiger partial charge in [0.05, 0.1) is 11.8 Å². The molecule has 0 N–H and O–H groups in total. The van der Waals surface area contributed by atoms with Crippen molar-refractivity contribution in [2.24, 2.45) is 35.5 Å². The minimum Gasteiger partial charge on any atom is -0.459 e. The lowest BCUT2D eigenvalue weighted by molar-refractivity contribution is -0.183.